The normalized spacial score (nSPS) is 13.5. The largest absolute Gasteiger partial charge is 0.465 e. The van der Waals surface area contributed by atoms with Crippen LogP contribution >= 0.6 is 0 Å². The Balaban J connectivity index is 1.49. The van der Waals surface area contributed by atoms with Gasteiger partial charge in [-0.25, -0.2) is 13.2 Å². The Morgan fingerprint density at radius 2 is 1.86 bits per heavy atom. The van der Waals surface area contributed by atoms with Gasteiger partial charge in [-0.1, -0.05) is 0 Å². The van der Waals surface area contributed by atoms with Crippen LogP contribution in [0.15, 0.2) is 47.4 Å². The zero-order chi connectivity index (χ0) is 25.3. The number of methoxy groups -OCH3 is 1. The summed E-state index contributed by atoms with van der Waals surface area (Å²) in [5.74, 6) is -1.03. The number of rotatable bonds is 6. The van der Waals surface area contributed by atoms with Crippen LogP contribution in [0.4, 0.5) is 5.69 Å². The number of nitrogens with one attached hydrogen (secondary N) is 2. The molecule has 4 rings (SSSR count). The average Bonchev–Trinajstić information content (AvgIpc) is 3.20. The second-order valence-corrected chi connectivity index (χ2v) is 10.4. The van der Waals surface area contributed by atoms with Crippen molar-refractivity contribution in [2.75, 3.05) is 32.6 Å². The van der Waals surface area contributed by atoms with Gasteiger partial charge in [0.25, 0.3) is 0 Å². The van der Waals surface area contributed by atoms with Crippen LogP contribution in [-0.2, 0) is 37.3 Å². The van der Waals surface area contributed by atoms with Crippen LogP contribution in [0.3, 0.4) is 0 Å². The molecule has 0 fully saturated rings. The molecular formula is C24H26N4O6S. The molecule has 0 radical (unpaired) electrons. The number of carbonyl (C=O) groups is 3. The van der Waals surface area contributed by atoms with E-state index in [1.54, 1.807) is 17.0 Å². The first kappa shape index (κ1) is 24.4. The quantitative estimate of drug-likeness (QED) is 0.501. The summed E-state index contributed by atoms with van der Waals surface area (Å²) in [6, 6.07) is 11.0. The number of hydrogen-bond acceptors (Lipinski definition) is 6. The second kappa shape index (κ2) is 9.51. The van der Waals surface area contributed by atoms with Gasteiger partial charge in [0, 0.05) is 61.3 Å². The third-order valence-corrected chi connectivity index (χ3v) is 7.81. The molecule has 0 unspecified atom stereocenters. The van der Waals surface area contributed by atoms with E-state index in [4.69, 9.17) is 4.74 Å². The third kappa shape index (κ3) is 4.91. The molecule has 2 aromatic carbocycles. The fourth-order valence-electron chi connectivity index (χ4n) is 4.14. The van der Waals surface area contributed by atoms with Crippen molar-refractivity contribution in [3.63, 3.8) is 0 Å². The molecule has 0 saturated heterocycles. The molecule has 0 bridgehead atoms. The molecule has 1 aliphatic heterocycles. The van der Waals surface area contributed by atoms with Gasteiger partial charge in [-0.3, -0.25) is 9.59 Å². The molecule has 0 saturated carbocycles. The Kier molecular flexibility index (Phi) is 6.64. The van der Waals surface area contributed by atoms with E-state index in [0.29, 0.717) is 30.8 Å². The van der Waals surface area contributed by atoms with Crippen LogP contribution in [0.5, 0.6) is 0 Å². The van der Waals surface area contributed by atoms with Gasteiger partial charge in [0.2, 0.25) is 21.8 Å². The number of esters is 1. The lowest BCUT2D eigenvalue weighted by molar-refractivity contribution is -0.132. The summed E-state index contributed by atoms with van der Waals surface area (Å²) < 4.78 is 31.8. The zero-order valence-electron chi connectivity index (χ0n) is 19.6. The number of aromatic amines is 1. The van der Waals surface area contributed by atoms with E-state index in [1.165, 1.54) is 45.3 Å². The Hall–Kier alpha value is -3.70. The van der Waals surface area contributed by atoms with E-state index in [-0.39, 0.29) is 23.3 Å². The van der Waals surface area contributed by atoms with Crippen LogP contribution in [0.25, 0.3) is 10.9 Å². The molecule has 184 valence electrons. The predicted molar refractivity (Wildman–Crippen MR) is 129 cm³/mol. The van der Waals surface area contributed by atoms with E-state index in [2.05, 4.69) is 10.3 Å². The minimum Gasteiger partial charge on any atom is -0.465 e. The number of carbonyl (C=O) groups excluding carboxylic acids is 3. The van der Waals surface area contributed by atoms with Gasteiger partial charge in [-0.2, -0.15) is 4.31 Å². The summed E-state index contributed by atoms with van der Waals surface area (Å²) in [5.41, 5.74) is 3.66. The van der Waals surface area contributed by atoms with Crippen molar-refractivity contribution in [2.24, 2.45) is 0 Å². The van der Waals surface area contributed by atoms with Crippen LogP contribution in [0.2, 0.25) is 0 Å². The molecular weight excluding hydrogens is 472 g/mol. The first-order valence-corrected chi connectivity index (χ1v) is 12.4. The minimum absolute atomic E-state index is 0.0230. The van der Waals surface area contributed by atoms with Gasteiger partial charge >= 0.3 is 5.97 Å². The number of ether oxygens (including phenoxy) is 1. The molecule has 0 aliphatic carbocycles. The first-order valence-electron chi connectivity index (χ1n) is 10.9. The molecule has 1 aromatic heterocycles. The molecule has 0 spiro atoms. The molecule has 10 nitrogen and oxygen atoms in total. The van der Waals surface area contributed by atoms with Crippen molar-refractivity contribution < 1.29 is 27.5 Å². The highest BCUT2D eigenvalue weighted by atomic mass is 32.2. The topological polar surface area (TPSA) is 129 Å². The van der Waals surface area contributed by atoms with Crippen LogP contribution in [0.1, 0.15) is 28.5 Å². The summed E-state index contributed by atoms with van der Waals surface area (Å²) in [6.07, 6.45) is 0.588. The second-order valence-electron chi connectivity index (χ2n) is 8.37. The van der Waals surface area contributed by atoms with E-state index in [0.717, 1.165) is 26.5 Å². The van der Waals surface area contributed by atoms with Crippen molar-refractivity contribution >= 4 is 44.4 Å². The molecule has 0 atom stereocenters. The number of sulfonamides is 1. The maximum atomic E-state index is 13.0. The van der Waals surface area contributed by atoms with E-state index >= 15 is 0 Å². The lowest BCUT2D eigenvalue weighted by Crippen LogP contribution is -2.43. The Labute approximate surface area is 202 Å². The molecule has 1 aliphatic rings. The summed E-state index contributed by atoms with van der Waals surface area (Å²) in [5, 5.41) is 3.42. The van der Waals surface area contributed by atoms with Crippen molar-refractivity contribution in [1.82, 2.24) is 14.2 Å². The molecule has 35 heavy (non-hydrogen) atoms. The molecule has 2 heterocycles. The fraction of sp³-hybridized carbons (Fsp3) is 0.292. The number of nitrogens with zero attached hydrogens (tertiary/aromatic N) is 2. The average molecular weight is 499 g/mol. The van der Waals surface area contributed by atoms with E-state index in [1.807, 2.05) is 6.07 Å². The number of aromatic nitrogens is 1. The van der Waals surface area contributed by atoms with Gasteiger partial charge in [0.15, 0.2) is 0 Å². The lowest BCUT2D eigenvalue weighted by atomic mass is 10.0. The summed E-state index contributed by atoms with van der Waals surface area (Å²) in [6.45, 7) is 1.79. The maximum absolute atomic E-state index is 13.0. The SMILES string of the molecule is COC(=O)c1ccc2[nH]c3c(c2c1)CN(C(=O)CN(C)S(=O)(=O)c1ccc(NC(C)=O)cc1)CC3. The molecule has 11 heteroatoms. The smallest absolute Gasteiger partial charge is 0.337 e. The van der Waals surface area contributed by atoms with Gasteiger partial charge in [-0.05, 0) is 42.5 Å². The maximum Gasteiger partial charge on any atom is 0.337 e. The first-order chi connectivity index (χ1) is 16.6. The zero-order valence-corrected chi connectivity index (χ0v) is 20.4. The number of amides is 2. The van der Waals surface area contributed by atoms with Gasteiger partial charge in [0.05, 0.1) is 24.1 Å². The molecule has 2 amide bonds. The highest BCUT2D eigenvalue weighted by molar-refractivity contribution is 7.89. The fourth-order valence-corrected chi connectivity index (χ4v) is 5.26. The van der Waals surface area contributed by atoms with Crippen LogP contribution in [0, 0.1) is 0 Å². The Morgan fingerprint density at radius 1 is 1.14 bits per heavy atom. The van der Waals surface area contributed by atoms with Gasteiger partial charge in [0.1, 0.15) is 0 Å². The van der Waals surface area contributed by atoms with E-state index < -0.39 is 16.0 Å². The molecule has 3 aromatic rings. The van der Waals surface area contributed by atoms with Crippen LogP contribution < -0.4 is 5.32 Å². The van der Waals surface area contributed by atoms with Crippen molar-refractivity contribution in [3.8, 4) is 0 Å². The lowest BCUT2D eigenvalue weighted by Gasteiger charge is -2.29. The highest BCUT2D eigenvalue weighted by Gasteiger charge is 2.28. The number of H-pyrrole nitrogens is 1. The summed E-state index contributed by atoms with van der Waals surface area (Å²) >= 11 is 0. The Morgan fingerprint density at radius 3 is 2.51 bits per heavy atom. The summed E-state index contributed by atoms with van der Waals surface area (Å²) in [7, 11) is -1.22. The minimum atomic E-state index is -3.90. The van der Waals surface area contributed by atoms with Crippen molar-refractivity contribution in [1.29, 1.82) is 0 Å². The molecule has 2 N–H and O–H groups in total. The van der Waals surface area contributed by atoms with Crippen molar-refractivity contribution in [3.05, 3.63) is 59.3 Å². The third-order valence-electron chi connectivity index (χ3n) is 5.99. The number of hydrogen-bond donors (Lipinski definition) is 2. The monoisotopic (exact) mass is 498 g/mol. The number of benzene rings is 2. The van der Waals surface area contributed by atoms with Crippen molar-refractivity contribution in [2.45, 2.75) is 24.8 Å². The standard InChI is InChI=1S/C24H26N4O6S/c1-15(29)25-17-5-7-18(8-6-17)35(32,33)27(2)14-23(30)28-11-10-22-20(13-28)19-12-16(24(31)34-3)4-9-21(19)26-22/h4-9,12,26H,10-11,13-14H2,1-3H3,(H,25,29). The van der Waals surface area contributed by atoms with Gasteiger partial charge < -0.3 is 19.9 Å². The van der Waals surface area contributed by atoms with Crippen LogP contribution in [-0.4, -0.2) is 67.6 Å². The summed E-state index contributed by atoms with van der Waals surface area (Å²) in [4.78, 5) is 41.1. The Bertz CT molecular complexity index is 1410. The predicted octanol–water partition coefficient (Wildman–Crippen LogP) is 2.12. The van der Waals surface area contributed by atoms with E-state index in [9.17, 15) is 22.8 Å². The highest BCUT2D eigenvalue weighted by Crippen LogP contribution is 2.29. The number of fused-ring (bicyclic) bond motifs is 3. The number of likely N-dealkylation sites (N-methyl/N-ethyl adjacent to an activating group) is 1. The number of anilines is 1. The van der Waals surface area contributed by atoms with Gasteiger partial charge in [-0.15, -0.1) is 0 Å².